The molecule has 2 heterocycles. The highest BCUT2D eigenvalue weighted by Gasteiger charge is 2.28. The molecular formula is C16H15N3O3S. The second kappa shape index (κ2) is 6.21. The van der Waals surface area contributed by atoms with Crippen LogP contribution < -0.4 is 5.32 Å². The highest BCUT2D eigenvalue weighted by molar-refractivity contribution is 7.91. The molecule has 6 nitrogen and oxygen atoms in total. The maximum atomic E-state index is 12.8. The van der Waals surface area contributed by atoms with Gasteiger partial charge in [-0.2, -0.15) is 4.98 Å². The van der Waals surface area contributed by atoms with Crippen LogP contribution in [0.25, 0.3) is 11.5 Å². The average molecular weight is 329 g/mol. The summed E-state index contributed by atoms with van der Waals surface area (Å²) < 4.78 is 31.2. The number of hydrogen-bond acceptors (Lipinski definition) is 6. The summed E-state index contributed by atoms with van der Waals surface area (Å²) in [5.41, 5.74) is 0.661. The Morgan fingerprint density at radius 3 is 2.43 bits per heavy atom. The van der Waals surface area contributed by atoms with Gasteiger partial charge in [-0.25, -0.2) is 8.42 Å². The number of sulfone groups is 1. The summed E-state index contributed by atoms with van der Waals surface area (Å²) in [6.45, 7) is 2.37. The molecule has 0 aliphatic carbocycles. The van der Waals surface area contributed by atoms with Crippen LogP contribution in [0.4, 0.5) is 5.88 Å². The van der Waals surface area contributed by atoms with E-state index in [1.165, 1.54) is 12.1 Å². The zero-order valence-electron chi connectivity index (χ0n) is 12.4. The van der Waals surface area contributed by atoms with Gasteiger partial charge in [0.25, 0.3) is 0 Å². The van der Waals surface area contributed by atoms with E-state index < -0.39 is 9.84 Å². The lowest BCUT2D eigenvalue weighted by Gasteiger charge is -2.03. The maximum absolute atomic E-state index is 12.8. The maximum Gasteiger partial charge on any atom is 0.233 e. The molecule has 0 bridgehead atoms. The SMILES string of the molecule is CCNc1oc(-c2ccncc2)nc1S(=O)(=O)c1ccccc1. The van der Waals surface area contributed by atoms with Crippen LogP contribution in [0.2, 0.25) is 0 Å². The lowest BCUT2D eigenvalue weighted by atomic mass is 10.3. The Kier molecular flexibility index (Phi) is 4.12. The number of rotatable bonds is 5. The second-order valence-electron chi connectivity index (χ2n) is 4.74. The van der Waals surface area contributed by atoms with E-state index in [0.29, 0.717) is 12.1 Å². The molecule has 118 valence electrons. The smallest absolute Gasteiger partial charge is 0.233 e. The third kappa shape index (κ3) is 2.95. The predicted octanol–water partition coefficient (Wildman–Crippen LogP) is 3.00. The molecule has 0 spiro atoms. The second-order valence-corrected chi connectivity index (χ2v) is 6.60. The van der Waals surface area contributed by atoms with Crippen molar-refractivity contribution in [2.45, 2.75) is 16.8 Å². The Labute approximate surface area is 134 Å². The number of aromatic nitrogens is 2. The molecule has 0 saturated carbocycles. The van der Waals surface area contributed by atoms with Crippen LogP contribution in [0.5, 0.6) is 0 Å². The molecule has 0 aliphatic rings. The van der Waals surface area contributed by atoms with Gasteiger partial charge < -0.3 is 9.73 Å². The summed E-state index contributed by atoms with van der Waals surface area (Å²) >= 11 is 0. The van der Waals surface area contributed by atoms with Crippen molar-refractivity contribution < 1.29 is 12.8 Å². The number of nitrogens with one attached hydrogen (secondary N) is 1. The number of oxazole rings is 1. The average Bonchev–Trinajstić information content (AvgIpc) is 3.02. The van der Waals surface area contributed by atoms with Gasteiger partial charge in [0.1, 0.15) is 0 Å². The van der Waals surface area contributed by atoms with E-state index in [0.717, 1.165) is 0 Å². The summed E-state index contributed by atoms with van der Waals surface area (Å²) in [6.07, 6.45) is 3.19. The fourth-order valence-corrected chi connectivity index (χ4v) is 3.39. The fourth-order valence-electron chi connectivity index (χ4n) is 2.09. The molecule has 0 fully saturated rings. The first kappa shape index (κ1) is 15.2. The number of benzene rings is 1. The summed E-state index contributed by atoms with van der Waals surface area (Å²) in [5.74, 6) is 0.376. The molecule has 0 aliphatic heterocycles. The summed E-state index contributed by atoms with van der Waals surface area (Å²) in [5, 5.41) is 2.80. The Hall–Kier alpha value is -2.67. The first-order valence-electron chi connectivity index (χ1n) is 7.08. The molecule has 3 aromatic rings. The lowest BCUT2D eigenvalue weighted by molar-refractivity contribution is 0.578. The van der Waals surface area contributed by atoms with Gasteiger partial charge in [0, 0.05) is 24.5 Å². The van der Waals surface area contributed by atoms with E-state index >= 15 is 0 Å². The van der Waals surface area contributed by atoms with Crippen LogP contribution in [-0.4, -0.2) is 24.9 Å². The monoisotopic (exact) mass is 329 g/mol. The van der Waals surface area contributed by atoms with E-state index in [2.05, 4.69) is 15.3 Å². The van der Waals surface area contributed by atoms with Crippen molar-refractivity contribution >= 4 is 15.7 Å². The molecule has 0 saturated heterocycles. The largest absolute Gasteiger partial charge is 0.419 e. The minimum atomic E-state index is -3.76. The minimum absolute atomic E-state index is 0.114. The number of pyridine rings is 1. The van der Waals surface area contributed by atoms with E-state index in [-0.39, 0.29) is 21.7 Å². The Morgan fingerprint density at radius 2 is 1.78 bits per heavy atom. The van der Waals surface area contributed by atoms with Gasteiger partial charge in [0.15, 0.2) is 0 Å². The topological polar surface area (TPSA) is 85.1 Å². The van der Waals surface area contributed by atoms with E-state index in [4.69, 9.17) is 4.42 Å². The molecule has 0 radical (unpaired) electrons. The van der Waals surface area contributed by atoms with Crippen molar-refractivity contribution in [1.29, 1.82) is 0 Å². The van der Waals surface area contributed by atoms with Gasteiger partial charge in [-0.3, -0.25) is 4.98 Å². The van der Waals surface area contributed by atoms with Gasteiger partial charge >= 0.3 is 0 Å². The van der Waals surface area contributed by atoms with Crippen molar-refractivity contribution in [3.8, 4) is 11.5 Å². The zero-order chi connectivity index (χ0) is 16.3. The molecule has 1 N–H and O–H groups in total. The molecule has 0 amide bonds. The van der Waals surface area contributed by atoms with Gasteiger partial charge in [0.05, 0.1) is 4.90 Å². The zero-order valence-corrected chi connectivity index (χ0v) is 13.2. The van der Waals surface area contributed by atoms with Crippen molar-refractivity contribution in [3.05, 3.63) is 54.9 Å². The lowest BCUT2D eigenvalue weighted by Crippen LogP contribution is -2.06. The third-order valence-corrected chi connectivity index (χ3v) is 4.85. The molecule has 2 aromatic heterocycles. The molecule has 7 heteroatoms. The Morgan fingerprint density at radius 1 is 1.09 bits per heavy atom. The van der Waals surface area contributed by atoms with Crippen molar-refractivity contribution in [2.24, 2.45) is 0 Å². The molecule has 0 unspecified atom stereocenters. The Bertz CT molecular complexity index is 891. The molecule has 1 aromatic carbocycles. The third-order valence-electron chi connectivity index (χ3n) is 3.17. The normalized spacial score (nSPS) is 11.3. The van der Waals surface area contributed by atoms with Crippen LogP contribution in [0.3, 0.4) is 0 Å². The number of nitrogens with zero attached hydrogens (tertiary/aromatic N) is 2. The van der Waals surface area contributed by atoms with Crippen LogP contribution in [0.1, 0.15) is 6.92 Å². The van der Waals surface area contributed by atoms with Crippen molar-refractivity contribution in [2.75, 3.05) is 11.9 Å². The van der Waals surface area contributed by atoms with Crippen LogP contribution in [0, 0.1) is 0 Å². The van der Waals surface area contributed by atoms with Crippen LogP contribution >= 0.6 is 0 Å². The minimum Gasteiger partial charge on any atom is -0.419 e. The molecule has 23 heavy (non-hydrogen) atoms. The fraction of sp³-hybridized carbons (Fsp3) is 0.125. The molecule has 0 atom stereocenters. The summed E-state index contributed by atoms with van der Waals surface area (Å²) in [4.78, 5) is 8.31. The number of hydrogen-bond donors (Lipinski definition) is 1. The first-order valence-corrected chi connectivity index (χ1v) is 8.56. The van der Waals surface area contributed by atoms with Gasteiger partial charge in [0.2, 0.25) is 26.6 Å². The summed E-state index contributed by atoms with van der Waals surface area (Å²) in [6, 6.07) is 11.6. The quantitative estimate of drug-likeness (QED) is 0.774. The highest BCUT2D eigenvalue weighted by atomic mass is 32.2. The van der Waals surface area contributed by atoms with Gasteiger partial charge in [-0.05, 0) is 31.2 Å². The molecule has 3 rings (SSSR count). The Balaban J connectivity index is 2.13. The van der Waals surface area contributed by atoms with E-state index in [1.807, 2.05) is 6.92 Å². The first-order chi connectivity index (χ1) is 11.1. The summed E-state index contributed by atoms with van der Waals surface area (Å²) in [7, 11) is -3.76. The van der Waals surface area contributed by atoms with Crippen molar-refractivity contribution in [1.82, 2.24) is 9.97 Å². The van der Waals surface area contributed by atoms with Gasteiger partial charge in [-0.15, -0.1) is 0 Å². The highest BCUT2D eigenvalue weighted by Crippen LogP contribution is 2.31. The predicted molar refractivity (Wildman–Crippen MR) is 85.8 cm³/mol. The van der Waals surface area contributed by atoms with E-state index in [1.54, 1.807) is 42.7 Å². The molecular weight excluding hydrogens is 314 g/mol. The van der Waals surface area contributed by atoms with Crippen LogP contribution in [-0.2, 0) is 9.84 Å². The van der Waals surface area contributed by atoms with E-state index in [9.17, 15) is 8.42 Å². The van der Waals surface area contributed by atoms with Crippen molar-refractivity contribution in [3.63, 3.8) is 0 Å². The number of anilines is 1. The van der Waals surface area contributed by atoms with Crippen LogP contribution in [0.15, 0.2) is 69.2 Å². The van der Waals surface area contributed by atoms with Gasteiger partial charge in [-0.1, -0.05) is 18.2 Å². The standard InChI is InChI=1S/C16H15N3O3S/c1-2-18-15-16(23(20,21)13-6-4-3-5-7-13)19-14(22-15)12-8-10-17-11-9-12/h3-11,18H,2H2,1H3.